The predicted molar refractivity (Wildman–Crippen MR) is 80.8 cm³/mol. The van der Waals surface area contributed by atoms with Crippen molar-refractivity contribution in [2.45, 2.75) is 44.7 Å². The maximum atomic E-state index is 14.0. The van der Waals surface area contributed by atoms with E-state index in [0.29, 0.717) is 6.04 Å². The van der Waals surface area contributed by atoms with E-state index in [-0.39, 0.29) is 17.5 Å². The molecule has 1 aromatic rings. The summed E-state index contributed by atoms with van der Waals surface area (Å²) in [6.45, 7) is 3.74. The first-order valence-corrected chi connectivity index (χ1v) is 7.85. The van der Waals surface area contributed by atoms with Gasteiger partial charge >= 0.3 is 0 Å². The molecule has 0 bridgehead atoms. The Morgan fingerprint density at radius 2 is 1.90 bits per heavy atom. The van der Waals surface area contributed by atoms with Gasteiger partial charge in [0.15, 0.2) is 0 Å². The first-order valence-electron chi connectivity index (χ1n) is 7.85. The zero-order valence-electron chi connectivity index (χ0n) is 12.8. The summed E-state index contributed by atoms with van der Waals surface area (Å²) in [5.74, 6) is -0.546. The van der Waals surface area contributed by atoms with E-state index in [1.54, 1.807) is 12.1 Å². The first-order chi connectivity index (χ1) is 10.1. The molecule has 2 aliphatic rings. The van der Waals surface area contributed by atoms with Crippen molar-refractivity contribution in [1.29, 1.82) is 0 Å². The van der Waals surface area contributed by atoms with Crippen LogP contribution >= 0.6 is 0 Å². The van der Waals surface area contributed by atoms with Gasteiger partial charge in [-0.3, -0.25) is 4.79 Å². The van der Waals surface area contributed by atoms with Crippen LogP contribution < -0.4 is 0 Å². The Morgan fingerprint density at radius 3 is 2.62 bits per heavy atom. The van der Waals surface area contributed by atoms with Gasteiger partial charge in [-0.25, -0.2) is 4.39 Å². The number of aryl methyl sites for hydroxylation is 1. The summed E-state index contributed by atoms with van der Waals surface area (Å²) >= 11 is 0. The van der Waals surface area contributed by atoms with Crippen LogP contribution in [0.2, 0.25) is 0 Å². The number of likely N-dealkylation sites (N-methyl/N-ethyl adjacent to an activating group) is 1. The van der Waals surface area contributed by atoms with Crippen molar-refractivity contribution in [1.82, 2.24) is 9.80 Å². The quantitative estimate of drug-likeness (QED) is 0.836. The molecule has 3 nitrogen and oxygen atoms in total. The van der Waals surface area contributed by atoms with Crippen LogP contribution in [0.25, 0.3) is 0 Å². The van der Waals surface area contributed by atoms with Crippen LogP contribution in [-0.2, 0) is 0 Å². The minimum Gasteiger partial charge on any atom is -0.334 e. The van der Waals surface area contributed by atoms with Gasteiger partial charge in [0.05, 0.1) is 5.56 Å². The topological polar surface area (TPSA) is 23.6 Å². The number of nitrogens with zero attached hydrogens (tertiary/aromatic N) is 2. The Bertz CT molecular complexity index is 546. The Morgan fingerprint density at radius 1 is 1.19 bits per heavy atom. The highest BCUT2D eigenvalue weighted by atomic mass is 19.1. The number of hydrogen-bond acceptors (Lipinski definition) is 2. The van der Waals surface area contributed by atoms with E-state index in [1.165, 1.54) is 12.5 Å². The maximum absolute atomic E-state index is 14.0. The molecule has 1 aromatic carbocycles. The monoisotopic (exact) mass is 290 g/mol. The molecule has 3 rings (SSSR count). The van der Waals surface area contributed by atoms with Gasteiger partial charge in [-0.1, -0.05) is 11.6 Å². The predicted octanol–water partition coefficient (Wildman–Crippen LogP) is 2.83. The van der Waals surface area contributed by atoms with Crippen LogP contribution in [0.15, 0.2) is 18.2 Å². The maximum Gasteiger partial charge on any atom is 0.257 e. The molecule has 21 heavy (non-hydrogen) atoms. The van der Waals surface area contributed by atoms with Gasteiger partial charge in [0.2, 0.25) is 0 Å². The molecule has 2 fully saturated rings. The van der Waals surface area contributed by atoms with Crippen LogP contribution in [0.4, 0.5) is 4.39 Å². The highest BCUT2D eigenvalue weighted by Crippen LogP contribution is 2.30. The Hall–Kier alpha value is -1.42. The highest BCUT2D eigenvalue weighted by molar-refractivity contribution is 5.95. The van der Waals surface area contributed by atoms with Crippen molar-refractivity contribution in [2.75, 3.05) is 20.1 Å². The fourth-order valence-corrected chi connectivity index (χ4v) is 3.82. The first kappa shape index (κ1) is 14.5. The van der Waals surface area contributed by atoms with Gasteiger partial charge in [0.25, 0.3) is 5.91 Å². The Kier molecular flexibility index (Phi) is 3.98. The molecule has 0 aromatic heterocycles. The summed E-state index contributed by atoms with van der Waals surface area (Å²) in [4.78, 5) is 17.0. The lowest BCUT2D eigenvalue weighted by Crippen LogP contribution is -2.47. The minimum absolute atomic E-state index is 0.140. The lowest BCUT2D eigenvalue weighted by Gasteiger charge is -2.33. The number of hydrogen-bond donors (Lipinski definition) is 0. The molecule has 0 saturated carbocycles. The van der Waals surface area contributed by atoms with Crippen molar-refractivity contribution in [3.05, 3.63) is 35.1 Å². The molecule has 114 valence electrons. The lowest BCUT2D eigenvalue weighted by molar-refractivity contribution is 0.0659. The second-order valence-electron chi connectivity index (χ2n) is 6.38. The third kappa shape index (κ3) is 2.69. The van der Waals surface area contributed by atoms with Crippen molar-refractivity contribution >= 4 is 5.91 Å². The second-order valence-corrected chi connectivity index (χ2v) is 6.38. The number of rotatable bonds is 2. The smallest absolute Gasteiger partial charge is 0.257 e. The number of benzene rings is 1. The third-order valence-corrected chi connectivity index (χ3v) is 4.93. The highest BCUT2D eigenvalue weighted by Gasteiger charge is 2.39. The molecular weight excluding hydrogens is 267 g/mol. The van der Waals surface area contributed by atoms with Crippen LogP contribution in [0.3, 0.4) is 0 Å². The summed E-state index contributed by atoms with van der Waals surface area (Å²) < 4.78 is 14.0. The third-order valence-electron chi connectivity index (χ3n) is 4.93. The van der Waals surface area contributed by atoms with E-state index >= 15 is 0 Å². The molecular formula is C17H23FN2O. The fraction of sp³-hybridized carbons (Fsp3) is 0.588. The van der Waals surface area contributed by atoms with E-state index in [0.717, 1.165) is 37.9 Å². The summed E-state index contributed by atoms with van der Waals surface area (Å²) in [7, 11) is 2.13. The minimum atomic E-state index is -0.406. The number of amides is 1. The van der Waals surface area contributed by atoms with Crippen LogP contribution in [0.1, 0.15) is 41.6 Å². The summed E-state index contributed by atoms with van der Waals surface area (Å²) in [5.41, 5.74) is 1.15. The van der Waals surface area contributed by atoms with Crippen molar-refractivity contribution in [3.63, 3.8) is 0 Å². The summed E-state index contributed by atoms with van der Waals surface area (Å²) in [6, 6.07) is 5.45. The zero-order valence-corrected chi connectivity index (χ0v) is 12.8. The Labute approximate surface area is 125 Å². The largest absolute Gasteiger partial charge is 0.334 e. The van der Waals surface area contributed by atoms with Gasteiger partial charge in [0, 0.05) is 18.6 Å². The van der Waals surface area contributed by atoms with Crippen molar-refractivity contribution in [2.24, 2.45) is 0 Å². The van der Waals surface area contributed by atoms with Gasteiger partial charge in [-0.15, -0.1) is 0 Å². The molecule has 0 radical (unpaired) electrons. The summed E-state index contributed by atoms with van der Waals surface area (Å²) in [6.07, 6.45) is 4.39. The second kappa shape index (κ2) is 5.76. The summed E-state index contributed by atoms with van der Waals surface area (Å²) in [5, 5.41) is 0. The molecule has 2 heterocycles. The van der Waals surface area contributed by atoms with E-state index in [4.69, 9.17) is 0 Å². The lowest BCUT2D eigenvalue weighted by atomic mass is 10.0. The van der Waals surface area contributed by atoms with Crippen molar-refractivity contribution in [3.8, 4) is 0 Å². The fourth-order valence-electron chi connectivity index (χ4n) is 3.82. The normalized spacial score (nSPS) is 26.5. The van der Waals surface area contributed by atoms with Crippen LogP contribution in [-0.4, -0.2) is 47.9 Å². The molecule has 0 N–H and O–H groups in total. The zero-order chi connectivity index (χ0) is 15.0. The molecule has 2 atom stereocenters. The molecule has 4 heteroatoms. The Balaban J connectivity index is 1.84. The molecule has 2 aliphatic heterocycles. The number of carbonyl (C=O) groups is 1. The van der Waals surface area contributed by atoms with Crippen LogP contribution in [0.5, 0.6) is 0 Å². The van der Waals surface area contributed by atoms with Gasteiger partial charge in [-0.05, 0) is 58.3 Å². The van der Waals surface area contributed by atoms with E-state index in [1.807, 2.05) is 11.8 Å². The molecule has 0 unspecified atom stereocenters. The van der Waals surface area contributed by atoms with E-state index < -0.39 is 5.82 Å². The number of halogens is 1. The average Bonchev–Trinajstić information content (AvgIpc) is 3.08. The average molecular weight is 290 g/mol. The standard InChI is InChI=1S/C17H23FN2O/c1-12-7-8-14(18)13(11-12)17(21)20-10-4-6-16(20)15-5-3-9-19(15)2/h7-8,11,15-16H,3-6,9-10H2,1-2H3/t15-,16-/m1/s1. The number of likely N-dealkylation sites (tertiary alicyclic amines) is 2. The number of carbonyl (C=O) groups excluding carboxylic acids is 1. The van der Waals surface area contributed by atoms with E-state index in [2.05, 4.69) is 11.9 Å². The SMILES string of the molecule is Cc1ccc(F)c(C(=O)N2CCC[C@@H]2[C@H]2CCCN2C)c1. The molecule has 0 spiro atoms. The van der Waals surface area contributed by atoms with E-state index in [9.17, 15) is 9.18 Å². The van der Waals surface area contributed by atoms with Gasteiger partial charge in [-0.2, -0.15) is 0 Å². The van der Waals surface area contributed by atoms with Gasteiger partial charge in [0.1, 0.15) is 5.82 Å². The molecule has 2 saturated heterocycles. The van der Waals surface area contributed by atoms with Gasteiger partial charge < -0.3 is 9.80 Å². The van der Waals surface area contributed by atoms with Crippen LogP contribution in [0, 0.1) is 12.7 Å². The molecule has 0 aliphatic carbocycles. The van der Waals surface area contributed by atoms with Crippen molar-refractivity contribution < 1.29 is 9.18 Å². The molecule has 1 amide bonds.